The normalized spacial score (nSPS) is 31.5. The van der Waals surface area contributed by atoms with Crippen molar-refractivity contribution in [2.45, 2.75) is 102 Å². The van der Waals surface area contributed by atoms with Gasteiger partial charge in [0.2, 0.25) is 0 Å². The third kappa shape index (κ3) is 6.61. The molecule has 1 heterocycles. The summed E-state index contributed by atoms with van der Waals surface area (Å²) >= 11 is 0. The van der Waals surface area contributed by atoms with Crippen molar-refractivity contribution in [3.8, 4) is 0 Å². The number of hydrogen-bond donors (Lipinski definition) is 0. The molecule has 0 N–H and O–H groups in total. The van der Waals surface area contributed by atoms with Gasteiger partial charge in [-0.05, 0) is 137 Å². The smallest absolute Gasteiger partial charge is 0.0542 e. The first-order chi connectivity index (χ1) is 25.2. The van der Waals surface area contributed by atoms with Crippen LogP contribution >= 0.6 is 0 Å². The predicted molar refractivity (Wildman–Crippen MR) is 215 cm³/mol. The first kappa shape index (κ1) is 32.8. The molecule has 0 bridgehead atoms. The van der Waals surface area contributed by atoms with Gasteiger partial charge in [0.25, 0.3) is 0 Å². The van der Waals surface area contributed by atoms with Crippen LogP contribution in [0.3, 0.4) is 0 Å². The Hall–Kier alpha value is -4.04. The van der Waals surface area contributed by atoms with E-state index in [1.54, 1.807) is 22.5 Å². The summed E-state index contributed by atoms with van der Waals surface area (Å²) in [6, 6.07) is 21.5. The highest BCUT2D eigenvalue weighted by atomic mass is 15.2. The zero-order chi connectivity index (χ0) is 34.1. The van der Waals surface area contributed by atoms with Crippen LogP contribution < -0.4 is 4.90 Å². The molecule has 1 saturated heterocycles. The van der Waals surface area contributed by atoms with Crippen LogP contribution in [0.15, 0.2) is 144 Å². The molecule has 2 nitrogen and oxygen atoms in total. The SMILES string of the molecule is CC1C=C2C(CC1)C1CCC(N(c3ccccc3)c3ccc(C4=CCCC=C4)cc3)C=C1N2C1CC=C(C2CC=C(C3C=CC=CC3)CC2)CC1. The molecule has 0 spiro atoms. The number of anilines is 2. The van der Waals surface area contributed by atoms with Crippen LogP contribution in [0.25, 0.3) is 5.57 Å². The summed E-state index contributed by atoms with van der Waals surface area (Å²) in [5, 5.41) is 0. The summed E-state index contributed by atoms with van der Waals surface area (Å²) in [6.45, 7) is 2.45. The topological polar surface area (TPSA) is 6.48 Å². The van der Waals surface area contributed by atoms with Crippen molar-refractivity contribution in [1.82, 2.24) is 4.90 Å². The molecule has 2 aromatic carbocycles. The third-order valence-electron chi connectivity index (χ3n) is 13.4. The highest BCUT2D eigenvalue weighted by molar-refractivity contribution is 5.76. The third-order valence-corrected chi connectivity index (χ3v) is 13.4. The van der Waals surface area contributed by atoms with Crippen LogP contribution in [0.5, 0.6) is 0 Å². The lowest BCUT2D eigenvalue weighted by Gasteiger charge is -2.40. The molecule has 0 aromatic heterocycles. The summed E-state index contributed by atoms with van der Waals surface area (Å²) < 4.78 is 0. The van der Waals surface area contributed by atoms with E-state index in [0.717, 1.165) is 18.8 Å². The molecule has 1 aliphatic heterocycles. The van der Waals surface area contributed by atoms with E-state index >= 15 is 0 Å². The fraction of sp³-hybridized carbons (Fsp3) is 0.429. The summed E-state index contributed by atoms with van der Waals surface area (Å²) in [6.07, 6.45) is 43.2. The van der Waals surface area contributed by atoms with E-state index < -0.39 is 0 Å². The van der Waals surface area contributed by atoms with Gasteiger partial charge < -0.3 is 9.80 Å². The zero-order valence-corrected chi connectivity index (χ0v) is 30.7. The van der Waals surface area contributed by atoms with Crippen molar-refractivity contribution in [2.75, 3.05) is 4.90 Å². The van der Waals surface area contributed by atoms with Gasteiger partial charge in [-0.25, -0.2) is 0 Å². The van der Waals surface area contributed by atoms with Crippen molar-refractivity contribution in [3.05, 3.63) is 150 Å². The Labute approximate surface area is 307 Å². The Kier molecular flexibility index (Phi) is 9.36. The van der Waals surface area contributed by atoms with Crippen molar-refractivity contribution < 1.29 is 0 Å². The fourth-order valence-electron chi connectivity index (χ4n) is 10.7. The number of benzene rings is 2. The predicted octanol–water partition coefficient (Wildman–Crippen LogP) is 12.8. The molecule has 6 aliphatic carbocycles. The second-order valence-electron chi connectivity index (χ2n) is 16.5. The molecule has 1 fully saturated rings. The van der Waals surface area contributed by atoms with Gasteiger partial charge in [-0.2, -0.15) is 0 Å². The largest absolute Gasteiger partial charge is 0.345 e. The summed E-state index contributed by atoms with van der Waals surface area (Å²) in [7, 11) is 0. The van der Waals surface area contributed by atoms with Gasteiger partial charge in [0.1, 0.15) is 0 Å². The van der Waals surface area contributed by atoms with Gasteiger partial charge in [0.15, 0.2) is 0 Å². The van der Waals surface area contributed by atoms with Crippen LogP contribution in [0.1, 0.15) is 96.0 Å². The molecule has 2 heteroatoms. The fourth-order valence-corrected chi connectivity index (χ4v) is 10.7. The minimum Gasteiger partial charge on any atom is -0.345 e. The van der Waals surface area contributed by atoms with Gasteiger partial charge in [0, 0.05) is 46.6 Å². The number of nitrogens with zero attached hydrogens (tertiary/aromatic N) is 2. The molecule has 51 heavy (non-hydrogen) atoms. The average Bonchev–Trinajstić information content (AvgIpc) is 3.52. The summed E-state index contributed by atoms with van der Waals surface area (Å²) in [5.41, 5.74) is 12.0. The molecule has 0 amide bonds. The van der Waals surface area contributed by atoms with Crippen LogP contribution in [-0.2, 0) is 0 Å². The Morgan fingerprint density at radius 3 is 2.16 bits per heavy atom. The number of rotatable bonds is 7. The number of fused-ring (bicyclic) bond motifs is 3. The number of likely N-dealkylation sites (tertiary alicyclic amines) is 1. The van der Waals surface area contributed by atoms with Crippen LogP contribution in [0.4, 0.5) is 11.4 Å². The number of hydrogen-bond acceptors (Lipinski definition) is 2. The molecule has 262 valence electrons. The van der Waals surface area contributed by atoms with Crippen molar-refractivity contribution >= 4 is 16.9 Å². The van der Waals surface area contributed by atoms with Gasteiger partial charge in [-0.15, -0.1) is 0 Å². The van der Waals surface area contributed by atoms with Gasteiger partial charge in [-0.1, -0.05) is 109 Å². The van der Waals surface area contributed by atoms with Gasteiger partial charge >= 0.3 is 0 Å². The molecule has 0 saturated carbocycles. The molecular formula is C49H56N2. The second kappa shape index (κ2) is 14.5. The molecule has 2 aromatic rings. The average molecular weight is 673 g/mol. The van der Waals surface area contributed by atoms with Crippen LogP contribution in [0, 0.1) is 29.6 Å². The molecule has 0 radical (unpaired) electrons. The highest BCUT2D eigenvalue weighted by Gasteiger charge is 2.47. The van der Waals surface area contributed by atoms with E-state index in [-0.39, 0.29) is 0 Å². The maximum Gasteiger partial charge on any atom is 0.0542 e. The van der Waals surface area contributed by atoms with Gasteiger partial charge in [0.05, 0.1) is 6.04 Å². The van der Waals surface area contributed by atoms with E-state index in [0.29, 0.717) is 35.8 Å². The standard InChI is InChI=1S/C49H56N2/c1-35-17-31-46-47-32-30-45(50(42-15-9-4-10-16-42)43-26-22-40(23-27-43)37-13-7-3-8-14-37)34-49(47)51(48(46)33-35)44-28-24-41(25-29-44)39-20-18-38(19-21-39)36-11-5-2-6-12-36/h2,4-7,9-11,13-16,18,22-24,26-27,33-36,39,44-47H,3,8,12,17,19-21,25,28-32H2,1H3. The molecule has 7 unspecified atom stereocenters. The molecular weight excluding hydrogens is 617 g/mol. The zero-order valence-electron chi connectivity index (χ0n) is 30.7. The Morgan fingerprint density at radius 1 is 0.647 bits per heavy atom. The molecule has 7 atom stereocenters. The first-order valence-corrected chi connectivity index (χ1v) is 20.4. The van der Waals surface area contributed by atoms with E-state index in [9.17, 15) is 0 Å². The van der Waals surface area contributed by atoms with E-state index in [4.69, 9.17) is 0 Å². The maximum absolute atomic E-state index is 2.92. The first-order valence-electron chi connectivity index (χ1n) is 20.4. The van der Waals surface area contributed by atoms with E-state index in [1.807, 2.05) is 0 Å². The minimum absolute atomic E-state index is 0.339. The Balaban J connectivity index is 0.992. The lowest BCUT2D eigenvalue weighted by Crippen LogP contribution is -2.37. The number of allylic oxidation sites excluding steroid dienone is 14. The Morgan fingerprint density at radius 2 is 1.43 bits per heavy atom. The second-order valence-corrected chi connectivity index (χ2v) is 16.5. The van der Waals surface area contributed by atoms with E-state index in [2.05, 4.69) is 138 Å². The quantitative estimate of drug-likeness (QED) is 0.270. The lowest BCUT2D eigenvalue weighted by atomic mass is 9.76. The molecule has 9 rings (SSSR count). The van der Waals surface area contributed by atoms with Crippen molar-refractivity contribution in [2.24, 2.45) is 29.6 Å². The van der Waals surface area contributed by atoms with E-state index in [1.165, 1.54) is 93.1 Å². The van der Waals surface area contributed by atoms with Crippen molar-refractivity contribution in [3.63, 3.8) is 0 Å². The van der Waals surface area contributed by atoms with Gasteiger partial charge in [-0.3, -0.25) is 0 Å². The lowest BCUT2D eigenvalue weighted by molar-refractivity contribution is 0.281. The Bertz CT molecular complexity index is 1830. The van der Waals surface area contributed by atoms with Crippen molar-refractivity contribution in [1.29, 1.82) is 0 Å². The number of para-hydroxylation sites is 1. The summed E-state index contributed by atoms with van der Waals surface area (Å²) in [5.74, 6) is 3.44. The highest BCUT2D eigenvalue weighted by Crippen LogP contribution is 2.54. The minimum atomic E-state index is 0.339. The monoisotopic (exact) mass is 672 g/mol. The molecule has 7 aliphatic rings. The van der Waals surface area contributed by atoms with Crippen LogP contribution in [0.2, 0.25) is 0 Å². The summed E-state index contributed by atoms with van der Waals surface area (Å²) in [4.78, 5) is 5.55. The van der Waals surface area contributed by atoms with Crippen LogP contribution in [-0.4, -0.2) is 17.0 Å². The maximum atomic E-state index is 2.92.